The molecule has 0 fully saturated rings. The summed E-state index contributed by atoms with van der Waals surface area (Å²) in [5.74, 6) is 0. The summed E-state index contributed by atoms with van der Waals surface area (Å²) in [6, 6.07) is 19.6. The fraction of sp³-hybridized carbons (Fsp3) is 0.174. The fourth-order valence-corrected chi connectivity index (χ4v) is 3.11. The van der Waals surface area contributed by atoms with Crippen molar-refractivity contribution in [2.45, 2.75) is 6.04 Å². The molecule has 0 aromatic heterocycles. The molecule has 3 rings (SSSR count). The van der Waals surface area contributed by atoms with E-state index >= 15 is 0 Å². The number of nitrogens with zero attached hydrogens (tertiary/aromatic N) is 2. The fourth-order valence-electron chi connectivity index (χ4n) is 3.11. The van der Waals surface area contributed by atoms with Gasteiger partial charge in [0, 0.05) is 43.1 Å². The van der Waals surface area contributed by atoms with Crippen LogP contribution in [-0.4, -0.2) is 31.4 Å². The van der Waals surface area contributed by atoms with Gasteiger partial charge < -0.3 is 4.90 Å². The maximum Gasteiger partial charge on any atom is 0.203 e. The van der Waals surface area contributed by atoms with Crippen molar-refractivity contribution < 1.29 is 4.58 Å². The van der Waals surface area contributed by atoms with Crippen LogP contribution in [0.3, 0.4) is 0 Å². The van der Waals surface area contributed by atoms with Crippen LogP contribution in [0, 0.1) is 0 Å². The van der Waals surface area contributed by atoms with Gasteiger partial charge in [-0.3, -0.25) is 0 Å². The van der Waals surface area contributed by atoms with Gasteiger partial charge in [0.25, 0.3) is 0 Å². The normalized spacial score (nSPS) is 14.5. The van der Waals surface area contributed by atoms with Crippen molar-refractivity contribution in [3.05, 3.63) is 102 Å². The minimum atomic E-state index is 0.160. The Bertz CT molecular complexity index is 819. The second-order valence-electron chi connectivity index (χ2n) is 6.58. The van der Waals surface area contributed by atoms with Gasteiger partial charge in [0.2, 0.25) is 11.8 Å². The van der Waals surface area contributed by atoms with Gasteiger partial charge in [-0.25, -0.2) is 4.58 Å². The van der Waals surface area contributed by atoms with E-state index in [0.29, 0.717) is 0 Å². The highest BCUT2D eigenvalue weighted by Gasteiger charge is 2.25. The molecular formula is C23H25N2+. The molecule has 0 amide bonds. The van der Waals surface area contributed by atoms with Crippen LogP contribution in [0.15, 0.2) is 91.1 Å². The third kappa shape index (κ3) is 3.80. The molecular weight excluding hydrogens is 304 g/mol. The van der Waals surface area contributed by atoms with Gasteiger partial charge in [-0.2, -0.15) is 0 Å². The van der Waals surface area contributed by atoms with Gasteiger partial charge in [0.15, 0.2) is 0 Å². The number of allylic oxidation sites excluding steroid dienone is 5. The van der Waals surface area contributed by atoms with E-state index in [1.54, 1.807) is 0 Å². The molecule has 0 heterocycles. The SMILES string of the molecule is C=C1C=CC(=[N+](C)C(c2ccccc2)c2ccc(N(C)C)cc2)C=C1. The monoisotopic (exact) mass is 329 g/mol. The van der Waals surface area contributed by atoms with E-state index in [2.05, 4.69) is 116 Å². The van der Waals surface area contributed by atoms with Gasteiger partial charge in [0.1, 0.15) is 7.05 Å². The van der Waals surface area contributed by atoms with Crippen LogP contribution in [0.2, 0.25) is 0 Å². The summed E-state index contributed by atoms with van der Waals surface area (Å²) in [6.45, 7) is 3.99. The van der Waals surface area contributed by atoms with Crippen molar-refractivity contribution in [3.63, 3.8) is 0 Å². The highest BCUT2D eigenvalue weighted by atomic mass is 15.1. The van der Waals surface area contributed by atoms with E-state index in [1.165, 1.54) is 22.5 Å². The molecule has 126 valence electrons. The molecule has 1 aliphatic rings. The van der Waals surface area contributed by atoms with Crippen LogP contribution in [0.4, 0.5) is 5.69 Å². The van der Waals surface area contributed by atoms with E-state index < -0.39 is 0 Å². The van der Waals surface area contributed by atoms with Crippen molar-refractivity contribution in [2.24, 2.45) is 0 Å². The molecule has 0 bridgehead atoms. The van der Waals surface area contributed by atoms with Crippen LogP contribution in [0.5, 0.6) is 0 Å². The van der Waals surface area contributed by atoms with Crippen LogP contribution in [0.1, 0.15) is 17.2 Å². The summed E-state index contributed by atoms with van der Waals surface area (Å²) in [6.07, 6.45) is 8.38. The van der Waals surface area contributed by atoms with Crippen LogP contribution >= 0.6 is 0 Å². The molecule has 0 radical (unpaired) electrons. The molecule has 0 aliphatic heterocycles. The third-order valence-electron chi connectivity index (χ3n) is 4.57. The molecule has 0 saturated heterocycles. The Morgan fingerprint density at radius 3 is 1.92 bits per heavy atom. The standard InChI is InChI=1S/C23H25N2/c1-18-10-14-22(15-11-18)25(4)23(19-8-6-5-7-9-19)20-12-16-21(17-13-20)24(2)3/h5-17,23H,1H2,2-4H3/q+1. The van der Waals surface area contributed by atoms with Gasteiger partial charge in [0.05, 0.1) is 0 Å². The Labute approximate surface area is 150 Å². The average Bonchev–Trinajstić information content (AvgIpc) is 2.64. The molecule has 0 saturated carbocycles. The van der Waals surface area contributed by atoms with Crippen LogP contribution in [0.25, 0.3) is 0 Å². The summed E-state index contributed by atoms with van der Waals surface area (Å²) in [7, 11) is 6.28. The average molecular weight is 329 g/mol. The maximum absolute atomic E-state index is 3.99. The number of hydrogen-bond acceptors (Lipinski definition) is 1. The van der Waals surface area contributed by atoms with Crippen LogP contribution in [-0.2, 0) is 0 Å². The number of hydrogen-bond donors (Lipinski definition) is 0. The van der Waals surface area contributed by atoms with Crippen molar-refractivity contribution >= 4 is 11.4 Å². The Balaban J connectivity index is 2.08. The zero-order valence-electron chi connectivity index (χ0n) is 15.2. The molecule has 1 atom stereocenters. The molecule has 2 aromatic rings. The second-order valence-corrected chi connectivity index (χ2v) is 6.58. The number of benzene rings is 2. The Morgan fingerprint density at radius 1 is 0.800 bits per heavy atom. The van der Waals surface area contributed by atoms with E-state index in [-0.39, 0.29) is 6.04 Å². The molecule has 25 heavy (non-hydrogen) atoms. The first-order chi connectivity index (χ1) is 12.1. The summed E-state index contributed by atoms with van der Waals surface area (Å²) in [5.41, 5.74) is 5.97. The van der Waals surface area contributed by atoms with Crippen molar-refractivity contribution in [1.82, 2.24) is 0 Å². The molecule has 2 heteroatoms. The van der Waals surface area contributed by atoms with Gasteiger partial charge in [-0.05, 0) is 42.0 Å². The quantitative estimate of drug-likeness (QED) is 0.743. The minimum absolute atomic E-state index is 0.160. The zero-order valence-corrected chi connectivity index (χ0v) is 15.2. The van der Waals surface area contributed by atoms with Gasteiger partial charge in [-0.1, -0.05) is 36.9 Å². The molecule has 0 N–H and O–H groups in total. The first kappa shape index (κ1) is 17.0. The van der Waals surface area contributed by atoms with E-state index in [9.17, 15) is 0 Å². The van der Waals surface area contributed by atoms with Crippen molar-refractivity contribution in [1.29, 1.82) is 0 Å². The molecule has 0 spiro atoms. The minimum Gasteiger partial charge on any atom is -0.378 e. The van der Waals surface area contributed by atoms with E-state index in [0.717, 1.165) is 5.57 Å². The first-order valence-corrected chi connectivity index (χ1v) is 8.53. The third-order valence-corrected chi connectivity index (χ3v) is 4.57. The lowest BCUT2D eigenvalue weighted by Crippen LogP contribution is -2.22. The molecule has 1 unspecified atom stereocenters. The lowest BCUT2D eigenvalue weighted by atomic mass is 9.97. The molecule has 2 nitrogen and oxygen atoms in total. The van der Waals surface area contributed by atoms with Gasteiger partial charge >= 0.3 is 0 Å². The van der Waals surface area contributed by atoms with E-state index in [1.807, 2.05) is 0 Å². The maximum atomic E-state index is 3.99. The van der Waals surface area contributed by atoms with Gasteiger partial charge in [-0.15, -0.1) is 0 Å². The largest absolute Gasteiger partial charge is 0.378 e. The summed E-state index contributed by atoms with van der Waals surface area (Å²) >= 11 is 0. The number of anilines is 1. The zero-order chi connectivity index (χ0) is 17.8. The highest BCUT2D eigenvalue weighted by molar-refractivity contribution is 6.02. The highest BCUT2D eigenvalue weighted by Crippen LogP contribution is 2.27. The summed E-state index contributed by atoms with van der Waals surface area (Å²) in [5, 5.41) is 0. The molecule has 2 aromatic carbocycles. The second kappa shape index (κ2) is 7.35. The topological polar surface area (TPSA) is 6.25 Å². The Hall–Kier alpha value is -2.87. The predicted molar refractivity (Wildman–Crippen MR) is 108 cm³/mol. The number of rotatable bonds is 4. The lowest BCUT2D eigenvalue weighted by molar-refractivity contribution is -0.532. The van der Waals surface area contributed by atoms with Crippen LogP contribution < -0.4 is 4.90 Å². The molecule has 1 aliphatic carbocycles. The smallest absolute Gasteiger partial charge is 0.203 e. The van der Waals surface area contributed by atoms with Crippen molar-refractivity contribution in [2.75, 3.05) is 26.0 Å². The predicted octanol–water partition coefficient (Wildman–Crippen LogP) is 4.61. The Morgan fingerprint density at radius 2 is 1.36 bits per heavy atom. The Kier molecular flexibility index (Phi) is 4.99. The first-order valence-electron chi connectivity index (χ1n) is 8.53. The summed E-state index contributed by atoms with van der Waals surface area (Å²) in [4.78, 5) is 2.12. The van der Waals surface area contributed by atoms with E-state index in [4.69, 9.17) is 0 Å². The van der Waals surface area contributed by atoms with Crippen molar-refractivity contribution in [3.8, 4) is 0 Å². The lowest BCUT2D eigenvalue weighted by Gasteiger charge is -2.18. The summed E-state index contributed by atoms with van der Waals surface area (Å²) < 4.78 is 2.32.